The van der Waals surface area contributed by atoms with Gasteiger partial charge < -0.3 is 19.1 Å². The first-order valence-electron chi connectivity index (χ1n) is 7.94. The number of methoxy groups -OCH3 is 1. The predicted molar refractivity (Wildman–Crippen MR) is 87.0 cm³/mol. The number of amides is 1. The lowest BCUT2D eigenvalue weighted by Crippen LogP contribution is -2.46. The number of aromatic nitrogens is 1. The molecule has 1 unspecified atom stereocenters. The van der Waals surface area contributed by atoms with Gasteiger partial charge in [-0.25, -0.2) is 9.78 Å². The van der Waals surface area contributed by atoms with Crippen molar-refractivity contribution in [2.24, 2.45) is 0 Å². The SMILES string of the molecule is COc1cc(OC2CCCN(C(=O)OC(C)(C)C)C2)cc(C)n1. The zero-order chi connectivity index (χ0) is 17.0. The van der Waals surface area contributed by atoms with Gasteiger partial charge in [0.1, 0.15) is 17.5 Å². The van der Waals surface area contributed by atoms with E-state index in [9.17, 15) is 4.79 Å². The molecule has 1 aromatic rings. The second-order valence-corrected chi connectivity index (χ2v) is 6.80. The van der Waals surface area contributed by atoms with Crippen LogP contribution >= 0.6 is 0 Å². The van der Waals surface area contributed by atoms with Crippen LogP contribution in [0.3, 0.4) is 0 Å². The van der Waals surface area contributed by atoms with Gasteiger partial charge >= 0.3 is 6.09 Å². The third-order valence-electron chi connectivity index (χ3n) is 3.45. The van der Waals surface area contributed by atoms with Crippen molar-refractivity contribution in [3.63, 3.8) is 0 Å². The fraction of sp³-hybridized carbons (Fsp3) is 0.647. The number of pyridine rings is 1. The van der Waals surface area contributed by atoms with Crippen molar-refractivity contribution in [3.05, 3.63) is 17.8 Å². The molecule has 0 N–H and O–H groups in total. The Hall–Kier alpha value is -1.98. The van der Waals surface area contributed by atoms with Crippen LogP contribution in [0.5, 0.6) is 11.6 Å². The standard InChI is InChI=1S/C17H26N2O4/c1-12-9-14(10-15(18-12)21-5)22-13-7-6-8-19(11-13)16(20)23-17(2,3)4/h9-10,13H,6-8,11H2,1-5H3. The Labute approximate surface area is 137 Å². The summed E-state index contributed by atoms with van der Waals surface area (Å²) in [6.07, 6.45) is 1.46. The van der Waals surface area contributed by atoms with Crippen LogP contribution in [0.2, 0.25) is 0 Å². The van der Waals surface area contributed by atoms with E-state index in [4.69, 9.17) is 14.2 Å². The van der Waals surface area contributed by atoms with E-state index in [0.29, 0.717) is 24.7 Å². The van der Waals surface area contributed by atoms with Gasteiger partial charge in [0.05, 0.1) is 13.7 Å². The zero-order valence-corrected chi connectivity index (χ0v) is 14.6. The van der Waals surface area contributed by atoms with Crippen molar-refractivity contribution in [1.82, 2.24) is 9.88 Å². The van der Waals surface area contributed by atoms with Crippen molar-refractivity contribution in [2.75, 3.05) is 20.2 Å². The molecule has 0 spiro atoms. The van der Waals surface area contributed by atoms with E-state index in [-0.39, 0.29) is 12.2 Å². The topological polar surface area (TPSA) is 60.9 Å². The van der Waals surface area contributed by atoms with Crippen LogP contribution in [-0.4, -0.2) is 47.9 Å². The number of aryl methyl sites for hydroxylation is 1. The van der Waals surface area contributed by atoms with Crippen molar-refractivity contribution in [1.29, 1.82) is 0 Å². The fourth-order valence-electron chi connectivity index (χ4n) is 2.50. The number of likely N-dealkylation sites (tertiary alicyclic amines) is 1. The van der Waals surface area contributed by atoms with Crippen LogP contribution in [0.15, 0.2) is 12.1 Å². The third-order valence-corrected chi connectivity index (χ3v) is 3.45. The maximum absolute atomic E-state index is 12.2. The monoisotopic (exact) mass is 322 g/mol. The predicted octanol–water partition coefficient (Wildman–Crippen LogP) is 3.18. The van der Waals surface area contributed by atoms with Crippen molar-refractivity contribution < 1.29 is 19.0 Å². The lowest BCUT2D eigenvalue weighted by molar-refractivity contribution is 0.00771. The van der Waals surface area contributed by atoms with E-state index in [1.807, 2.05) is 33.8 Å². The van der Waals surface area contributed by atoms with Crippen LogP contribution in [0.25, 0.3) is 0 Å². The molecule has 128 valence electrons. The van der Waals surface area contributed by atoms with Gasteiger partial charge in [-0.15, -0.1) is 0 Å². The van der Waals surface area contributed by atoms with Gasteiger partial charge in [0.25, 0.3) is 0 Å². The maximum atomic E-state index is 12.2. The Bertz CT molecular complexity index is 554. The van der Waals surface area contributed by atoms with Gasteiger partial charge in [-0.05, 0) is 40.5 Å². The quantitative estimate of drug-likeness (QED) is 0.855. The van der Waals surface area contributed by atoms with E-state index in [1.165, 1.54) is 0 Å². The molecular formula is C17H26N2O4. The number of rotatable bonds is 3. The van der Waals surface area contributed by atoms with E-state index < -0.39 is 5.60 Å². The van der Waals surface area contributed by atoms with Gasteiger partial charge in [0.15, 0.2) is 0 Å². The zero-order valence-electron chi connectivity index (χ0n) is 14.6. The first-order chi connectivity index (χ1) is 10.8. The largest absolute Gasteiger partial charge is 0.488 e. The third kappa shape index (κ3) is 5.30. The molecule has 1 aromatic heterocycles. The Morgan fingerprint density at radius 3 is 2.74 bits per heavy atom. The summed E-state index contributed by atoms with van der Waals surface area (Å²) >= 11 is 0. The molecule has 2 rings (SSSR count). The summed E-state index contributed by atoms with van der Waals surface area (Å²) in [6, 6.07) is 3.63. The number of carbonyl (C=O) groups is 1. The van der Waals surface area contributed by atoms with Gasteiger partial charge in [-0.3, -0.25) is 0 Å². The molecule has 6 heteroatoms. The van der Waals surface area contributed by atoms with Gasteiger partial charge in [0, 0.05) is 24.4 Å². The number of carbonyl (C=O) groups excluding carboxylic acids is 1. The molecule has 1 aliphatic heterocycles. The summed E-state index contributed by atoms with van der Waals surface area (Å²) < 4.78 is 16.6. The van der Waals surface area contributed by atoms with Crippen LogP contribution in [-0.2, 0) is 4.74 Å². The first-order valence-corrected chi connectivity index (χ1v) is 7.94. The van der Waals surface area contributed by atoms with Crippen molar-refractivity contribution in [3.8, 4) is 11.6 Å². The summed E-state index contributed by atoms with van der Waals surface area (Å²) in [4.78, 5) is 18.1. The smallest absolute Gasteiger partial charge is 0.410 e. The molecule has 0 saturated carbocycles. The Morgan fingerprint density at radius 2 is 2.09 bits per heavy atom. The summed E-state index contributed by atoms with van der Waals surface area (Å²) in [6.45, 7) is 8.73. The molecule has 0 bridgehead atoms. The van der Waals surface area contributed by atoms with Crippen molar-refractivity contribution in [2.45, 2.75) is 52.2 Å². The summed E-state index contributed by atoms with van der Waals surface area (Å²) in [5.74, 6) is 1.24. The lowest BCUT2D eigenvalue weighted by Gasteiger charge is -2.34. The minimum Gasteiger partial charge on any atom is -0.488 e. The lowest BCUT2D eigenvalue weighted by atomic mass is 10.1. The van der Waals surface area contributed by atoms with Gasteiger partial charge in [-0.1, -0.05) is 0 Å². The van der Waals surface area contributed by atoms with Crippen LogP contribution in [0, 0.1) is 6.92 Å². The van der Waals surface area contributed by atoms with Gasteiger partial charge in [0.2, 0.25) is 5.88 Å². The average Bonchev–Trinajstić information content (AvgIpc) is 2.45. The first kappa shape index (κ1) is 17.4. The van der Waals surface area contributed by atoms with Crippen LogP contribution in [0.4, 0.5) is 4.79 Å². The fourth-order valence-corrected chi connectivity index (χ4v) is 2.50. The number of piperidine rings is 1. The summed E-state index contributed by atoms with van der Waals surface area (Å²) in [5.41, 5.74) is 0.347. The molecule has 1 atom stereocenters. The highest BCUT2D eigenvalue weighted by atomic mass is 16.6. The van der Waals surface area contributed by atoms with Crippen molar-refractivity contribution >= 4 is 6.09 Å². The minimum absolute atomic E-state index is 0.0530. The normalized spacial score (nSPS) is 18.5. The summed E-state index contributed by atoms with van der Waals surface area (Å²) in [7, 11) is 1.58. The number of hydrogen-bond donors (Lipinski definition) is 0. The number of ether oxygens (including phenoxy) is 3. The number of nitrogens with zero attached hydrogens (tertiary/aromatic N) is 2. The highest BCUT2D eigenvalue weighted by Crippen LogP contribution is 2.23. The Kier molecular flexibility index (Phi) is 5.34. The van der Waals surface area contributed by atoms with Gasteiger partial charge in [-0.2, -0.15) is 0 Å². The number of hydrogen-bond acceptors (Lipinski definition) is 5. The molecule has 0 radical (unpaired) electrons. The second-order valence-electron chi connectivity index (χ2n) is 6.80. The minimum atomic E-state index is -0.486. The molecule has 1 aliphatic rings. The highest BCUT2D eigenvalue weighted by molar-refractivity contribution is 5.68. The second kappa shape index (κ2) is 7.06. The Balaban J connectivity index is 1.99. The highest BCUT2D eigenvalue weighted by Gasteiger charge is 2.28. The Morgan fingerprint density at radius 1 is 1.35 bits per heavy atom. The molecule has 1 saturated heterocycles. The van der Waals surface area contributed by atoms with E-state index in [0.717, 1.165) is 18.5 Å². The molecule has 0 aliphatic carbocycles. The molecule has 2 heterocycles. The molecule has 6 nitrogen and oxygen atoms in total. The van der Waals surface area contributed by atoms with Crippen LogP contribution < -0.4 is 9.47 Å². The molecule has 23 heavy (non-hydrogen) atoms. The molecular weight excluding hydrogens is 296 g/mol. The molecule has 0 aromatic carbocycles. The average molecular weight is 322 g/mol. The van der Waals surface area contributed by atoms with Crippen LogP contribution in [0.1, 0.15) is 39.3 Å². The molecule has 1 fully saturated rings. The van der Waals surface area contributed by atoms with E-state index in [1.54, 1.807) is 18.1 Å². The maximum Gasteiger partial charge on any atom is 0.410 e. The van der Waals surface area contributed by atoms with E-state index in [2.05, 4.69) is 4.98 Å². The molecule has 1 amide bonds. The van der Waals surface area contributed by atoms with E-state index >= 15 is 0 Å². The summed E-state index contributed by atoms with van der Waals surface area (Å²) in [5, 5.41) is 0.